The lowest BCUT2D eigenvalue weighted by molar-refractivity contribution is 0.412. The molecule has 1 fully saturated rings. The van der Waals surface area contributed by atoms with E-state index >= 15 is 0 Å². The monoisotopic (exact) mass is 237 g/mol. The zero-order valence-electron chi connectivity index (χ0n) is 9.57. The number of hydrazine groups is 1. The summed E-state index contributed by atoms with van der Waals surface area (Å²) in [4.78, 5) is 0. The second-order valence-electron chi connectivity index (χ2n) is 4.20. The molecule has 0 aromatic heterocycles. The van der Waals surface area contributed by atoms with Crippen LogP contribution >= 0.6 is 12.2 Å². The minimum Gasteiger partial charge on any atom is -0.497 e. The molecule has 0 atom stereocenters. The summed E-state index contributed by atoms with van der Waals surface area (Å²) in [5.41, 5.74) is 4.05. The van der Waals surface area contributed by atoms with Crippen LogP contribution in [0.15, 0.2) is 24.3 Å². The lowest BCUT2D eigenvalue weighted by Crippen LogP contribution is -2.45. The average molecular weight is 237 g/mol. The molecule has 4 nitrogen and oxygen atoms in total. The number of hydrogen-bond acceptors (Lipinski definition) is 3. The van der Waals surface area contributed by atoms with Gasteiger partial charge in [0.1, 0.15) is 11.4 Å². The standard InChI is InChI=1S/C11H15N3OS/c1-11(2)12-10(16)14(13-11)8-4-6-9(15-3)7-5-8/h4-7,13H,1-3H3,(H,12,16). The fourth-order valence-corrected chi connectivity index (χ4v) is 2.00. The zero-order chi connectivity index (χ0) is 11.8. The largest absolute Gasteiger partial charge is 0.497 e. The van der Waals surface area contributed by atoms with Crippen molar-refractivity contribution in [3.8, 4) is 5.75 Å². The Morgan fingerprint density at radius 2 is 1.88 bits per heavy atom. The van der Waals surface area contributed by atoms with E-state index in [1.807, 2.05) is 43.1 Å². The van der Waals surface area contributed by atoms with Gasteiger partial charge in [-0.2, -0.15) is 0 Å². The van der Waals surface area contributed by atoms with Crippen molar-refractivity contribution in [1.82, 2.24) is 10.7 Å². The quantitative estimate of drug-likeness (QED) is 0.765. The maximum absolute atomic E-state index is 5.25. The third kappa shape index (κ3) is 2.10. The highest BCUT2D eigenvalue weighted by Crippen LogP contribution is 2.21. The van der Waals surface area contributed by atoms with Crippen molar-refractivity contribution in [2.75, 3.05) is 12.1 Å². The molecule has 0 amide bonds. The van der Waals surface area contributed by atoms with Crippen LogP contribution in [0.1, 0.15) is 13.8 Å². The lowest BCUT2D eigenvalue weighted by atomic mass is 10.3. The van der Waals surface area contributed by atoms with Crippen LogP contribution in [0.5, 0.6) is 5.75 Å². The summed E-state index contributed by atoms with van der Waals surface area (Å²) in [5.74, 6) is 0.834. The first-order chi connectivity index (χ1) is 7.52. The third-order valence-corrected chi connectivity index (χ3v) is 2.63. The number of thiocarbonyl (C=S) groups is 1. The van der Waals surface area contributed by atoms with Crippen LogP contribution in [0.25, 0.3) is 0 Å². The number of nitrogens with zero attached hydrogens (tertiary/aromatic N) is 1. The number of methoxy groups -OCH3 is 1. The number of rotatable bonds is 2. The maximum Gasteiger partial charge on any atom is 0.189 e. The van der Waals surface area contributed by atoms with Crippen LogP contribution in [0.4, 0.5) is 5.69 Å². The van der Waals surface area contributed by atoms with Crippen molar-refractivity contribution >= 4 is 23.0 Å². The molecule has 0 saturated carbocycles. The molecule has 16 heavy (non-hydrogen) atoms. The predicted octanol–water partition coefficient (Wildman–Crippen LogP) is 1.63. The Balaban J connectivity index is 2.21. The summed E-state index contributed by atoms with van der Waals surface area (Å²) < 4.78 is 5.11. The van der Waals surface area contributed by atoms with Gasteiger partial charge in [-0.1, -0.05) is 0 Å². The normalized spacial score (nSPS) is 18.4. The molecule has 2 N–H and O–H groups in total. The van der Waals surface area contributed by atoms with Crippen molar-refractivity contribution < 1.29 is 4.74 Å². The second kappa shape index (κ2) is 3.92. The van der Waals surface area contributed by atoms with E-state index in [9.17, 15) is 0 Å². The molecule has 0 bridgehead atoms. The zero-order valence-corrected chi connectivity index (χ0v) is 10.4. The average Bonchev–Trinajstić information content (AvgIpc) is 2.52. The van der Waals surface area contributed by atoms with Gasteiger partial charge in [-0.05, 0) is 50.3 Å². The van der Waals surface area contributed by atoms with Gasteiger partial charge in [0.05, 0.1) is 12.8 Å². The second-order valence-corrected chi connectivity index (χ2v) is 4.59. The van der Waals surface area contributed by atoms with E-state index in [1.54, 1.807) is 7.11 Å². The van der Waals surface area contributed by atoms with E-state index in [4.69, 9.17) is 17.0 Å². The smallest absolute Gasteiger partial charge is 0.189 e. The van der Waals surface area contributed by atoms with E-state index < -0.39 is 0 Å². The van der Waals surface area contributed by atoms with Crippen LogP contribution in [-0.2, 0) is 0 Å². The Hall–Kier alpha value is -1.33. The SMILES string of the molecule is COc1ccc(N2NC(C)(C)NC2=S)cc1. The van der Waals surface area contributed by atoms with E-state index in [1.165, 1.54) is 0 Å². The highest BCUT2D eigenvalue weighted by atomic mass is 32.1. The van der Waals surface area contributed by atoms with Crippen molar-refractivity contribution in [1.29, 1.82) is 0 Å². The first-order valence-electron chi connectivity index (χ1n) is 5.06. The molecule has 86 valence electrons. The van der Waals surface area contributed by atoms with E-state index in [-0.39, 0.29) is 5.66 Å². The van der Waals surface area contributed by atoms with Crippen LogP contribution in [0.3, 0.4) is 0 Å². The molecule has 1 saturated heterocycles. The van der Waals surface area contributed by atoms with Crippen LogP contribution in [-0.4, -0.2) is 17.9 Å². The molecule has 5 heteroatoms. The molecule has 1 aromatic carbocycles. The number of anilines is 1. The fourth-order valence-electron chi connectivity index (χ4n) is 1.59. The van der Waals surface area contributed by atoms with E-state index in [2.05, 4.69) is 10.7 Å². The number of benzene rings is 1. The molecule has 0 radical (unpaired) electrons. The molecule has 2 rings (SSSR count). The van der Waals surface area contributed by atoms with Gasteiger partial charge in [-0.3, -0.25) is 5.01 Å². The third-order valence-electron chi connectivity index (χ3n) is 2.34. The summed E-state index contributed by atoms with van der Waals surface area (Å²) >= 11 is 5.25. The van der Waals surface area contributed by atoms with Crippen LogP contribution in [0, 0.1) is 0 Å². The Bertz CT molecular complexity index is 402. The maximum atomic E-state index is 5.25. The lowest BCUT2D eigenvalue weighted by Gasteiger charge is -2.20. The molecule has 0 spiro atoms. The van der Waals surface area contributed by atoms with E-state index in [0.717, 1.165) is 11.4 Å². The topological polar surface area (TPSA) is 36.5 Å². The molecule has 0 aliphatic carbocycles. The van der Waals surface area contributed by atoms with Gasteiger partial charge >= 0.3 is 0 Å². The van der Waals surface area contributed by atoms with Gasteiger partial charge in [0.2, 0.25) is 0 Å². The molecule has 1 aliphatic rings. The molecule has 1 aliphatic heterocycles. The van der Waals surface area contributed by atoms with Crippen molar-refractivity contribution in [2.24, 2.45) is 0 Å². The predicted molar refractivity (Wildman–Crippen MR) is 68.4 cm³/mol. The molecule has 1 heterocycles. The van der Waals surface area contributed by atoms with Crippen molar-refractivity contribution in [3.63, 3.8) is 0 Å². The van der Waals surface area contributed by atoms with Crippen molar-refractivity contribution in [3.05, 3.63) is 24.3 Å². The molecular weight excluding hydrogens is 222 g/mol. The van der Waals surface area contributed by atoms with Gasteiger partial charge in [0.15, 0.2) is 5.11 Å². The summed E-state index contributed by atoms with van der Waals surface area (Å²) in [6.45, 7) is 4.06. The minimum absolute atomic E-state index is 0.211. The first-order valence-corrected chi connectivity index (χ1v) is 5.47. The van der Waals surface area contributed by atoms with Gasteiger partial charge in [-0.15, -0.1) is 0 Å². The van der Waals surface area contributed by atoms with Crippen LogP contribution < -0.4 is 20.5 Å². The highest BCUT2D eigenvalue weighted by molar-refractivity contribution is 7.80. The van der Waals surface area contributed by atoms with Crippen LogP contribution in [0.2, 0.25) is 0 Å². The summed E-state index contributed by atoms with van der Waals surface area (Å²) in [6.07, 6.45) is 0. The molecular formula is C11H15N3OS. The Kier molecular flexibility index (Phi) is 2.73. The summed E-state index contributed by atoms with van der Waals surface area (Å²) in [7, 11) is 1.65. The molecule has 0 unspecified atom stereocenters. The number of hydrogen-bond donors (Lipinski definition) is 2. The van der Waals surface area contributed by atoms with Gasteiger partial charge in [-0.25, -0.2) is 5.43 Å². The van der Waals surface area contributed by atoms with Gasteiger partial charge in [0.25, 0.3) is 0 Å². The van der Waals surface area contributed by atoms with E-state index in [0.29, 0.717) is 5.11 Å². The first kappa shape index (κ1) is 11.2. The Morgan fingerprint density at radius 3 is 2.31 bits per heavy atom. The van der Waals surface area contributed by atoms with Gasteiger partial charge in [0, 0.05) is 0 Å². The summed E-state index contributed by atoms with van der Waals surface area (Å²) in [5, 5.41) is 5.72. The highest BCUT2D eigenvalue weighted by Gasteiger charge is 2.32. The Labute approximate surface area is 101 Å². The Morgan fingerprint density at radius 1 is 1.25 bits per heavy atom. The van der Waals surface area contributed by atoms with Crippen molar-refractivity contribution in [2.45, 2.75) is 19.5 Å². The molecule has 1 aromatic rings. The summed E-state index contributed by atoms with van der Waals surface area (Å²) in [6, 6.07) is 7.73. The fraction of sp³-hybridized carbons (Fsp3) is 0.364. The van der Waals surface area contributed by atoms with Gasteiger partial charge < -0.3 is 10.1 Å². The minimum atomic E-state index is -0.211. The number of nitrogens with one attached hydrogen (secondary N) is 2. The number of ether oxygens (including phenoxy) is 1.